The van der Waals surface area contributed by atoms with E-state index in [1.54, 1.807) is 0 Å². The quantitative estimate of drug-likeness (QED) is 0.941. The van der Waals surface area contributed by atoms with E-state index < -0.39 is 0 Å². The van der Waals surface area contributed by atoms with Crippen molar-refractivity contribution in [3.8, 4) is 0 Å². The SMILES string of the molecule is Cc1noc([C@]23CCC[C@H]2CN(Cc2nc(C)c(C)[nH]2)C3)n1. The van der Waals surface area contributed by atoms with Crippen LogP contribution in [0.25, 0.3) is 0 Å². The van der Waals surface area contributed by atoms with Gasteiger partial charge in [-0.3, -0.25) is 4.90 Å². The van der Waals surface area contributed by atoms with Gasteiger partial charge in [-0.1, -0.05) is 11.6 Å². The molecule has 0 unspecified atom stereocenters. The molecule has 1 saturated heterocycles. The van der Waals surface area contributed by atoms with Crippen molar-refractivity contribution in [2.24, 2.45) is 5.92 Å². The summed E-state index contributed by atoms with van der Waals surface area (Å²) in [5.74, 6) is 3.28. The molecule has 1 aliphatic heterocycles. The average molecular weight is 301 g/mol. The second-order valence-corrected chi connectivity index (χ2v) is 6.96. The molecular formula is C16H23N5O. The third kappa shape index (κ3) is 2.08. The van der Waals surface area contributed by atoms with Crippen LogP contribution in [0.3, 0.4) is 0 Å². The average Bonchev–Trinajstić information content (AvgIpc) is 3.16. The molecule has 22 heavy (non-hydrogen) atoms. The number of likely N-dealkylation sites (tertiary alicyclic amines) is 1. The van der Waals surface area contributed by atoms with Crippen LogP contribution in [0.5, 0.6) is 0 Å². The van der Waals surface area contributed by atoms with Gasteiger partial charge in [0.2, 0.25) is 5.89 Å². The number of nitrogens with one attached hydrogen (secondary N) is 1. The zero-order valence-corrected chi connectivity index (χ0v) is 13.5. The number of fused-ring (bicyclic) bond motifs is 1. The molecule has 1 N–H and O–H groups in total. The number of nitrogens with zero attached hydrogens (tertiary/aromatic N) is 4. The Morgan fingerprint density at radius 3 is 2.86 bits per heavy atom. The second kappa shape index (κ2) is 4.91. The summed E-state index contributed by atoms with van der Waals surface area (Å²) in [6.45, 7) is 9.00. The Balaban J connectivity index is 1.56. The zero-order valence-electron chi connectivity index (χ0n) is 13.5. The normalized spacial score (nSPS) is 28.4. The summed E-state index contributed by atoms with van der Waals surface area (Å²) >= 11 is 0. The maximum atomic E-state index is 5.56. The molecule has 0 aromatic carbocycles. The van der Waals surface area contributed by atoms with Crippen LogP contribution in [-0.2, 0) is 12.0 Å². The molecule has 1 aliphatic carbocycles. The highest BCUT2D eigenvalue weighted by molar-refractivity contribution is 5.18. The van der Waals surface area contributed by atoms with Gasteiger partial charge in [0.15, 0.2) is 5.82 Å². The lowest BCUT2D eigenvalue weighted by Gasteiger charge is -2.24. The Morgan fingerprint density at radius 2 is 2.18 bits per heavy atom. The van der Waals surface area contributed by atoms with Crippen LogP contribution in [0, 0.1) is 26.7 Å². The van der Waals surface area contributed by atoms with Gasteiger partial charge in [0, 0.05) is 18.8 Å². The van der Waals surface area contributed by atoms with Crippen LogP contribution < -0.4 is 0 Å². The third-order valence-electron chi connectivity index (χ3n) is 5.45. The second-order valence-electron chi connectivity index (χ2n) is 6.96. The van der Waals surface area contributed by atoms with Gasteiger partial charge in [0.1, 0.15) is 5.82 Å². The van der Waals surface area contributed by atoms with Gasteiger partial charge in [-0.05, 0) is 39.5 Å². The van der Waals surface area contributed by atoms with Crippen molar-refractivity contribution in [1.82, 2.24) is 25.0 Å². The van der Waals surface area contributed by atoms with E-state index >= 15 is 0 Å². The Morgan fingerprint density at radius 1 is 1.32 bits per heavy atom. The van der Waals surface area contributed by atoms with Gasteiger partial charge in [0.25, 0.3) is 0 Å². The smallest absolute Gasteiger partial charge is 0.234 e. The van der Waals surface area contributed by atoms with Crippen LogP contribution in [0.4, 0.5) is 0 Å². The van der Waals surface area contributed by atoms with E-state index in [-0.39, 0.29) is 5.41 Å². The number of aryl methyl sites for hydroxylation is 3. The molecule has 0 amide bonds. The fourth-order valence-corrected chi connectivity index (χ4v) is 4.27. The Bertz CT molecular complexity index is 671. The van der Waals surface area contributed by atoms with Crippen LogP contribution in [-0.4, -0.2) is 38.1 Å². The molecule has 2 atom stereocenters. The fraction of sp³-hybridized carbons (Fsp3) is 0.688. The largest absolute Gasteiger partial charge is 0.345 e. The first-order chi connectivity index (χ1) is 10.6. The van der Waals surface area contributed by atoms with Crippen molar-refractivity contribution >= 4 is 0 Å². The molecule has 2 aromatic heterocycles. The van der Waals surface area contributed by atoms with Gasteiger partial charge in [0.05, 0.1) is 17.7 Å². The van der Waals surface area contributed by atoms with E-state index in [9.17, 15) is 0 Å². The summed E-state index contributed by atoms with van der Waals surface area (Å²) < 4.78 is 5.56. The van der Waals surface area contributed by atoms with Crippen LogP contribution in [0.1, 0.15) is 48.2 Å². The van der Waals surface area contributed by atoms with E-state index in [4.69, 9.17) is 4.52 Å². The van der Waals surface area contributed by atoms with Crippen molar-refractivity contribution in [2.75, 3.05) is 13.1 Å². The standard InChI is InChI=1S/C16H23N5O/c1-10-11(2)18-14(17-10)8-21-7-13-5-4-6-16(13,9-21)15-19-12(3)20-22-15/h13H,4-9H2,1-3H3,(H,17,18)/t13-,16-/m0/s1. The molecule has 3 heterocycles. The first-order valence-corrected chi connectivity index (χ1v) is 8.12. The van der Waals surface area contributed by atoms with E-state index in [1.165, 1.54) is 12.8 Å². The number of aromatic amines is 1. The summed E-state index contributed by atoms with van der Waals surface area (Å²) in [6, 6.07) is 0. The lowest BCUT2D eigenvalue weighted by molar-refractivity contribution is 0.243. The Labute approximate surface area is 130 Å². The van der Waals surface area contributed by atoms with Crippen LogP contribution in [0.15, 0.2) is 4.52 Å². The Hall–Kier alpha value is -1.69. The van der Waals surface area contributed by atoms with Gasteiger partial charge >= 0.3 is 0 Å². The topological polar surface area (TPSA) is 70.8 Å². The molecule has 1 saturated carbocycles. The minimum Gasteiger partial charge on any atom is -0.345 e. The number of H-pyrrole nitrogens is 1. The van der Waals surface area contributed by atoms with Gasteiger partial charge in [-0.25, -0.2) is 4.98 Å². The summed E-state index contributed by atoms with van der Waals surface area (Å²) in [4.78, 5) is 15.1. The molecule has 6 heteroatoms. The molecule has 2 aliphatic rings. The number of imidazole rings is 1. The van der Waals surface area contributed by atoms with Gasteiger partial charge in [-0.15, -0.1) is 0 Å². The number of hydrogen-bond acceptors (Lipinski definition) is 5. The molecule has 118 valence electrons. The monoisotopic (exact) mass is 301 g/mol. The molecule has 4 rings (SSSR count). The molecule has 2 aromatic rings. The summed E-state index contributed by atoms with van der Waals surface area (Å²) in [7, 11) is 0. The minimum absolute atomic E-state index is 0.0674. The summed E-state index contributed by atoms with van der Waals surface area (Å²) in [5, 5.41) is 4.02. The number of rotatable bonds is 3. The van der Waals surface area contributed by atoms with E-state index in [2.05, 4.69) is 38.9 Å². The molecular weight excluding hydrogens is 278 g/mol. The highest BCUT2D eigenvalue weighted by atomic mass is 16.5. The lowest BCUT2D eigenvalue weighted by Crippen LogP contribution is -2.32. The first-order valence-electron chi connectivity index (χ1n) is 8.12. The van der Waals surface area contributed by atoms with Crippen molar-refractivity contribution in [1.29, 1.82) is 0 Å². The third-order valence-corrected chi connectivity index (χ3v) is 5.45. The Kier molecular flexibility index (Phi) is 3.11. The van der Waals surface area contributed by atoms with Crippen molar-refractivity contribution in [3.05, 3.63) is 28.9 Å². The predicted octanol–water partition coefficient (Wildman–Crippen LogP) is 2.27. The number of hydrogen-bond donors (Lipinski definition) is 1. The predicted molar refractivity (Wildman–Crippen MR) is 81.4 cm³/mol. The summed E-state index contributed by atoms with van der Waals surface area (Å²) in [6.07, 6.45) is 3.68. The first kappa shape index (κ1) is 13.9. The van der Waals surface area contributed by atoms with Crippen LogP contribution in [0.2, 0.25) is 0 Å². The highest BCUT2D eigenvalue weighted by Gasteiger charge is 2.54. The molecule has 0 radical (unpaired) electrons. The summed E-state index contributed by atoms with van der Waals surface area (Å²) in [5.41, 5.74) is 2.33. The number of aromatic nitrogens is 4. The van der Waals surface area contributed by atoms with E-state index in [1.807, 2.05) is 6.92 Å². The van der Waals surface area contributed by atoms with E-state index in [0.29, 0.717) is 5.92 Å². The van der Waals surface area contributed by atoms with Gasteiger partial charge in [-0.2, -0.15) is 4.98 Å². The van der Waals surface area contributed by atoms with Crippen molar-refractivity contribution in [2.45, 2.75) is 52.0 Å². The fourth-order valence-electron chi connectivity index (χ4n) is 4.27. The van der Waals surface area contributed by atoms with E-state index in [0.717, 1.165) is 55.0 Å². The zero-order chi connectivity index (χ0) is 15.3. The lowest BCUT2D eigenvalue weighted by atomic mass is 9.80. The van der Waals surface area contributed by atoms with Crippen LogP contribution >= 0.6 is 0 Å². The molecule has 0 bridgehead atoms. The van der Waals surface area contributed by atoms with Crippen molar-refractivity contribution in [3.63, 3.8) is 0 Å². The highest BCUT2D eigenvalue weighted by Crippen LogP contribution is 2.50. The molecule has 0 spiro atoms. The van der Waals surface area contributed by atoms with Gasteiger partial charge < -0.3 is 9.51 Å². The minimum atomic E-state index is 0.0674. The maximum Gasteiger partial charge on any atom is 0.234 e. The van der Waals surface area contributed by atoms with Crippen molar-refractivity contribution < 1.29 is 4.52 Å². The molecule has 6 nitrogen and oxygen atoms in total. The molecule has 2 fully saturated rings. The maximum absolute atomic E-state index is 5.56.